The predicted octanol–water partition coefficient (Wildman–Crippen LogP) is 2.74. The third-order valence-corrected chi connectivity index (χ3v) is 5.74. The second-order valence-electron chi connectivity index (χ2n) is 8.84. The summed E-state index contributed by atoms with van der Waals surface area (Å²) in [6.45, 7) is 11.2. The third-order valence-electron chi connectivity index (χ3n) is 5.74. The van der Waals surface area contributed by atoms with Gasteiger partial charge in [-0.1, -0.05) is 24.0 Å². The second kappa shape index (κ2) is 8.75. The highest BCUT2D eigenvalue weighted by Gasteiger charge is 2.40. The molecule has 1 atom stereocenters. The van der Waals surface area contributed by atoms with E-state index in [-0.39, 0.29) is 0 Å². The molecule has 0 saturated carbocycles. The van der Waals surface area contributed by atoms with E-state index >= 15 is 0 Å². The maximum Gasteiger partial charge on any atom is 0.120 e. The van der Waals surface area contributed by atoms with Crippen LogP contribution in [0.15, 0.2) is 24.3 Å². The molecule has 0 aromatic heterocycles. The first kappa shape index (κ1) is 20.4. The van der Waals surface area contributed by atoms with Gasteiger partial charge in [0.15, 0.2) is 0 Å². The molecule has 0 unspecified atom stereocenters. The molecule has 2 saturated heterocycles. The monoisotopic (exact) mass is 370 g/mol. The molecule has 0 aliphatic carbocycles. The zero-order chi connectivity index (χ0) is 19.3. The molecule has 0 bridgehead atoms. The first-order chi connectivity index (χ1) is 12.9. The van der Waals surface area contributed by atoms with Gasteiger partial charge in [0.2, 0.25) is 0 Å². The van der Waals surface area contributed by atoms with E-state index in [1.165, 1.54) is 51.0 Å². The lowest BCUT2D eigenvalue weighted by molar-refractivity contribution is 0.0673. The largest absolute Gasteiger partial charge is 0.383 e. The van der Waals surface area contributed by atoms with Crippen molar-refractivity contribution in [3.63, 3.8) is 0 Å². The Labute approximate surface area is 164 Å². The summed E-state index contributed by atoms with van der Waals surface area (Å²) in [7, 11) is 1.79. The van der Waals surface area contributed by atoms with Gasteiger partial charge in [-0.15, -0.1) is 0 Å². The van der Waals surface area contributed by atoms with Crippen LogP contribution in [-0.4, -0.2) is 66.9 Å². The molecular weight excluding hydrogens is 336 g/mol. The molecule has 2 aliphatic heterocycles. The summed E-state index contributed by atoms with van der Waals surface area (Å²) in [5.74, 6) is 5.91. The first-order valence-corrected chi connectivity index (χ1v) is 10.2. The van der Waals surface area contributed by atoms with Crippen molar-refractivity contribution in [3.8, 4) is 11.8 Å². The molecule has 148 valence electrons. The normalized spacial score (nSPS) is 24.1. The molecule has 2 heterocycles. The van der Waals surface area contributed by atoms with Crippen molar-refractivity contribution in [3.05, 3.63) is 35.4 Å². The molecule has 1 spiro atoms. The van der Waals surface area contributed by atoms with Gasteiger partial charge in [-0.05, 0) is 69.3 Å². The molecule has 3 rings (SSSR count). The maximum atomic E-state index is 9.72. The van der Waals surface area contributed by atoms with Crippen LogP contribution in [0.25, 0.3) is 0 Å². The number of hydrogen-bond acceptors (Lipinski definition) is 4. The Kier molecular flexibility index (Phi) is 6.60. The van der Waals surface area contributed by atoms with Crippen LogP contribution in [0.3, 0.4) is 0 Å². The highest BCUT2D eigenvalue weighted by molar-refractivity contribution is 5.37. The number of hydrogen-bond donors (Lipinski definition) is 1. The minimum Gasteiger partial charge on any atom is -0.383 e. The molecule has 2 aliphatic rings. The van der Waals surface area contributed by atoms with Crippen LogP contribution in [0.2, 0.25) is 0 Å². The topological polar surface area (TPSA) is 35.9 Å². The van der Waals surface area contributed by atoms with Gasteiger partial charge in [0, 0.05) is 38.9 Å². The molecule has 0 radical (unpaired) electrons. The standard InChI is InChI=1S/C23H34N2O2/c1-22(2,26)11-9-20-5-7-21(8-6-20)17-25-14-12-23(19-25)10-4-13-24(18-23)15-16-27-3/h5-8,26H,4,10,12-19H2,1-3H3/t23-/m0/s1. The van der Waals surface area contributed by atoms with Crippen LogP contribution in [0.4, 0.5) is 0 Å². The Morgan fingerprint density at radius 3 is 2.56 bits per heavy atom. The van der Waals surface area contributed by atoms with Crippen molar-refractivity contribution >= 4 is 0 Å². The quantitative estimate of drug-likeness (QED) is 0.809. The van der Waals surface area contributed by atoms with E-state index in [4.69, 9.17) is 4.74 Å². The summed E-state index contributed by atoms with van der Waals surface area (Å²) >= 11 is 0. The summed E-state index contributed by atoms with van der Waals surface area (Å²) in [4.78, 5) is 5.20. The van der Waals surface area contributed by atoms with Crippen LogP contribution in [0, 0.1) is 17.3 Å². The van der Waals surface area contributed by atoms with Crippen LogP contribution >= 0.6 is 0 Å². The molecule has 2 fully saturated rings. The van der Waals surface area contributed by atoms with E-state index in [1.54, 1.807) is 21.0 Å². The van der Waals surface area contributed by atoms with Gasteiger partial charge in [-0.25, -0.2) is 0 Å². The molecule has 1 N–H and O–H groups in total. The Morgan fingerprint density at radius 1 is 1.11 bits per heavy atom. The van der Waals surface area contributed by atoms with E-state index in [0.29, 0.717) is 5.41 Å². The van der Waals surface area contributed by atoms with Gasteiger partial charge in [-0.3, -0.25) is 4.90 Å². The Hall–Kier alpha value is -1.38. The zero-order valence-electron chi connectivity index (χ0n) is 17.1. The van der Waals surface area contributed by atoms with Gasteiger partial charge in [0.25, 0.3) is 0 Å². The van der Waals surface area contributed by atoms with Crippen LogP contribution in [0.1, 0.15) is 44.2 Å². The Bertz CT molecular complexity index is 668. The summed E-state index contributed by atoms with van der Waals surface area (Å²) in [6.07, 6.45) is 3.98. The molecule has 27 heavy (non-hydrogen) atoms. The van der Waals surface area contributed by atoms with E-state index < -0.39 is 5.60 Å². The minimum absolute atomic E-state index is 0.476. The lowest BCUT2D eigenvalue weighted by Crippen LogP contribution is -2.45. The van der Waals surface area contributed by atoms with Gasteiger partial charge in [-0.2, -0.15) is 0 Å². The molecule has 0 amide bonds. The average Bonchev–Trinajstić information content (AvgIpc) is 3.00. The number of benzene rings is 1. The molecule has 4 heteroatoms. The molecule has 1 aromatic rings. The van der Waals surface area contributed by atoms with Crippen molar-refractivity contribution in [2.45, 2.75) is 45.3 Å². The highest BCUT2D eigenvalue weighted by atomic mass is 16.5. The van der Waals surface area contributed by atoms with Crippen molar-refractivity contribution in [2.24, 2.45) is 5.41 Å². The minimum atomic E-state index is -0.945. The predicted molar refractivity (Wildman–Crippen MR) is 109 cm³/mol. The third kappa shape index (κ3) is 6.05. The number of rotatable bonds is 5. The van der Waals surface area contributed by atoms with Crippen LogP contribution in [-0.2, 0) is 11.3 Å². The molecule has 4 nitrogen and oxygen atoms in total. The number of piperidine rings is 1. The highest BCUT2D eigenvalue weighted by Crippen LogP contribution is 2.39. The number of likely N-dealkylation sites (tertiary alicyclic amines) is 2. The summed E-state index contributed by atoms with van der Waals surface area (Å²) in [5.41, 5.74) is 1.83. The number of nitrogens with zero attached hydrogens (tertiary/aromatic N) is 2. The fraction of sp³-hybridized carbons (Fsp3) is 0.652. The first-order valence-electron chi connectivity index (χ1n) is 10.2. The fourth-order valence-electron chi connectivity index (χ4n) is 4.39. The smallest absolute Gasteiger partial charge is 0.120 e. The van der Waals surface area contributed by atoms with Crippen molar-refractivity contribution in [1.82, 2.24) is 9.80 Å². The second-order valence-corrected chi connectivity index (χ2v) is 8.84. The van der Waals surface area contributed by atoms with E-state index in [2.05, 4.69) is 45.9 Å². The Balaban J connectivity index is 1.54. The molecule has 1 aromatic carbocycles. The van der Waals surface area contributed by atoms with E-state index in [1.807, 2.05) is 0 Å². The van der Waals surface area contributed by atoms with Crippen molar-refractivity contribution < 1.29 is 9.84 Å². The maximum absolute atomic E-state index is 9.72. The summed E-state index contributed by atoms with van der Waals surface area (Å²) in [6, 6.07) is 8.47. The van der Waals surface area contributed by atoms with Crippen LogP contribution < -0.4 is 0 Å². The number of aliphatic hydroxyl groups is 1. The number of ether oxygens (including phenoxy) is 1. The number of methoxy groups -OCH3 is 1. The SMILES string of the molecule is COCCN1CCC[C@]2(CCN(Cc3ccc(C#CC(C)(C)O)cc3)C2)C1. The average molecular weight is 371 g/mol. The van der Waals surface area contributed by atoms with Gasteiger partial charge < -0.3 is 14.7 Å². The zero-order valence-corrected chi connectivity index (χ0v) is 17.1. The van der Waals surface area contributed by atoms with Crippen LogP contribution in [0.5, 0.6) is 0 Å². The van der Waals surface area contributed by atoms with Crippen molar-refractivity contribution in [1.29, 1.82) is 0 Å². The Morgan fingerprint density at radius 2 is 1.85 bits per heavy atom. The summed E-state index contributed by atoms with van der Waals surface area (Å²) in [5, 5.41) is 9.72. The molecular formula is C23H34N2O2. The van der Waals surface area contributed by atoms with Gasteiger partial charge >= 0.3 is 0 Å². The summed E-state index contributed by atoms with van der Waals surface area (Å²) < 4.78 is 5.27. The lowest BCUT2D eigenvalue weighted by atomic mass is 9.79. The van der Waals surface area contributed by atoms with Gasteiger partial charge in [0.1, 0.15) is 5.60 Å². The lowest BCUT2D eigenvalue weighted by Gasteiger charge is -2.40. The van der Waals surface area contributed by atoms with Gasteiger partial charge in [0.05, 0.1) is 6.61 Å². The van der Waals surface area contributed by atoms with Crippen molar-refractivity contribution in [2.75, 3.05) is 46.4 Å². The van der Waals surface area contributed by atoms with E-state index in [0.717, 1.165) is 25.3 Å². The fourth-order valence-corrected chi connectivity index (χ4v) is 4.39. The van der Waals surface area contributed by atoms with E-state index in [9.17, 15) is 5.11 Å².